The Morgan fingerprint density at radius 2 is 1.85 bits per heavy atom. The van der Waals surface area contributed by atoms with Crippen molar-refractivity contribution in [2.75, 3.05) is 18.4 Å². The summed E-state index contributed by atoms with van der Waals surface area (Å²) in [5, 5.41) is 5.80. The molecule has 1 fully saturated rings. The lowest BCUT2D eigenvalue weighted by Gasteiger charge is -2.32. The van der Waals surface area contributed by atoms with Gasteiger partial charge in [-0.25, -0.2) is 4.79 Å². The second-order valence-electron chi connectivity index (χ2n) is 6.87. The monoisotopic (exact) mass is 371 g/mol. The van der Waals surface area contributed by atoms with E-state index in [1.165, 1.54) is 12.5 Å². The molecular formula is C20H25N3O4. The fraction of sp³-hybridized carbons (Fsp3) is 0.400. The van der Waals surface area contributed by atoms with Gasteiger partial charge in [0.25, 0.3) is 5.91 Å². The standard InChI is InChI=1S/C20H25N3O4/c1-14(2)27-18-5-3-16(4-6-18)21-20(25)22-17-7-10-23(11-8-17)19(24)15-9-12-26-13-15/h3-6,9,12-14,17H,7-8,10-11H2,1-2H3,(H2,21,22,25). The van der Waals surface area contributed by atoms with Crippen LogP contribution in [0.15, 0.2) is 47.3 Å². The lowest BCUT2D eigenvalue weighted by molar-refractivity contribution is 0.0708. The van der Waals surface area contributed by atoms with Crippen molar-refractivity contribution in [3.05, 3.63) is 48.4 Å². The summed E-state index contributed by atoms with van der Waals surface area (Å²) in [7, 11) is 0. The number of furan rings is 1. The number of benzene rings is 1. The van der Waals surface area contributed by atoms with Crippen molar-refractivity contribution in [2.45, 2.75) is 38.8 Å². The molecule has 2 N–H and O–H groups in total. The molecule has 1 aliphatic heterocycles. The van der Waals surface area contributed by atoms with Crippen LogP contribution in [-0.2, 0) is 0 Å². The van der Waals surface area contributed by atoms with Crippen LogP contribution >= 0.6 is 0 Å². The molecule has 2 aromatic rings. The number of ether oxygens (including phenoxy) is 1. The highest BCUT2D eigenvalue weighted by atomic mass is 16.5. The largest absolute Gasteiger partial charge is 0.491 e. The Kier molecular flexibility index (Phi) is 6.01. The van der Waals surface area contributed by atoms with Gasteiger partial charge in [0.2, 0.25) is 0 Å². The van der Waals surface area contributed by atoms with Crippen molar-refractivity contribution >= 4 is 17.6 Å². The third kappa shape index (κ3) is 5.26. The molecule has 0 radical (unpaired) electrons. The van der Waals surface area contributed by atoms with Gasteiger partial charge < -0.3 is 24.7 Å². The number of hydrogen-bond donors (Lipinski definition) is 2. The Bertz CT molecular complexity index is 748. The molecule has 1 aliphatic rings. The molecule has 0 spiro atoms. The first kappa shape index (κ1) is 18.8. The van der Waals surface area contributed by atoms with Gasteiger partial charge in [-0.15, -0.1) is 0 Å². The van der Waals surface area contributed by atoms with Crippen LogP contribution in [-0.4, -0.2) is 42.1 Å². The van der Waals surface area contributed by atoms with Gasteiger partial charge in [-0.2, -0.15) is 0 Å². The maximum atomic E-state index is 12.3. The quantitative estimate of drug-likeness (QED) is 0.843. The molecule has 7 nitrogen and oxygen atoms in total. The summed E-state index contributed by atoms with van der Waals surface area (Å²) in [5.74, 6) is 0.737. The van der Waals surface area contributed by atoms with Gasteiger partial charge in [0, 0.05) is 24.8 Å². The average Bonchev–Trinajstić information content (AvgIpc) is 3.18. The number of urea groups is 1. The van der Waals surface area contributed by atoms with E-state index < -0.39 is 0 Å². The predicted molar refractivity (Wildman–Crippen MR) is 102 cm³/mol. The van der Waals surface area contributed by atoms with Crippen LogP contribution in [0.5, 0.6) is 5.75 Å². The number of carbonyl (C=O) groups is 2. The van der Waals surface area contributed by atoms with Crippen molar-refractivity contribution in [1.82, 2.24) is 10.2 Å². The van der Waals surface area contributed by atoms with E-state index in [4.69, 9.17) is 9.15 Å². The number of nitrogens with zero attached hydrogens (tertiary/aromatic N) is 1. The fourth-order valence-corrected chi connectivity index (χ4v) is 3.04. The van der Waals surface area contributed by atoms with Crippen molar-refractivity contribution in [3.8, 4) is 5.75 Å². The van der Waals surface area contributed by atoms with Crippen LogP contribution in [0, 0.1) is 0 Å². The summed E-state index contributed by atoms with van der Waals surface area (Å²) >= 11 is 0. The second kappa shape index (κ2) is 8.62. The SMILES string of the molecule is CC(C)Oc1ccc(NC(=O)NC2CCN(C(=O)c3ccoc3)CC2)cc1. The topological polar surface area (TPSA) is 83.8 Å². The summed E-state index contributed by atoms with van der Waals surface area (Å²) in [6, 6.07) is 8.74. The van der Waals surface area contributed by atoms with Crippen LogP contribution in [0.3, 0.4) is 0 Å². The van der Waals surface area contributed by atoms with Crippen molar-refractivity contribution in [2.24, 2.45) is 0 Å². The fourth-order valence-electron chi connectivity index (χ4n) is 3.04. The molecule has 0 aliphatic carbocycles. The van der Waals surface area contributed by atoms with E-state index >= 15 is 0 Å². The highest BCUT2D eigenvalue weighted by Gasteiger charge is 2.25. The van der Waals surface area contributed by atoms with E-state index in [0.717, 1.165) is 18.6 Å². The zero-order chi connectivity index (χ0) is 19.2. The maximum absolute atomic E-state index is 12.3. The molecule has 1 saturated heterocycles. The minimum Gasteiger partial charge on any atom is -0.491 e. The second-order valence-corrected chi connectivity index (χ2v) is 6.87. The molecule has 27 heavy (non-hydrogen) atoms. The van der Waals surface area contributed by atoms with E-state index in [1.807, 2.05) is 38.1 Å². The molecule has 3 amide bonds. The van der Waals surface area contributed by atoms with Gasteiger partial charge in [0.05, 0.1) is 17.9 Å². The molecule has 0 bridgehead atoms. The number of amides is 3. The number of likely N-dealkylation sites (tertiary alicyclic amines) is 1. The number of carbonyl (C=O) groups excluding carboxylic acids is 2. The lowest BCUT2D eigenvalue weighted by atomic mass is 10.0. The van der Waals surface area contributed by atoms with Gasteiger partial charge in [0.15, 0.2) is 0 Å². The normalized spacial score (nSPS) is 14.9. The summed E-state index contributed by atoms with van der Waals surface area (Å²) in [5.41, 5.74) is 1.26. The smallest absolute Gasteiger partial charge is 0.319 e. The van der Waals surface area contributed by atoms with Gasteiger partial charge in [-0.05, 0) is 57.0 Å². The predicted octanol–water partition coefficient (Wildman–Crippen LogP) is 3.49. The number of anilines is 1. The van der Waals surface area contributed by atoms with Crippen molar-refractivity contribution in [3.63, 3.8) is 0 Å². The highest BCUT2D eigenvalue weighted by molar-refractivity contribution is 5.94. The molecule has 0 saturated carbocycles. The summed E-state index contributed by atoms with van der Waals surface area (Å²) in [6.07, 6.45) is 4.50. The van der Waals surface area contributed by atoms with Gasteiger partial charge in [0.1, 0.15) is 12.0 Å². The highest BCUT2D eigenvalue weighted by Crippen LogP contribution is 2.18. The summed E-state index contributed by atoms with van der Waals surface area (Å²) in [4.78, 5) is 26.3. The van der Waals surface area contributed by atoms with Crippen molar-refractivity contribution in [1.29, 1.82) is 0 Å². The zero-order valence-corrected chi connectivity index (χ0v) is 15.6. The molecule has 0 unspecified atom stereocenters. The first-order valence-electron chi connectivity index (χ1n) is 9.17. The van der Waals surface area contributed by atoms with Crippen LogP contribution in [0.4, 0.5) is 10.5 Å². The minimum absolute atomic E-state index is 0.0321. The number of nitrogens with one attached hydrogen (secondary N) is 2. The van der Waals surface area contributed by atoms with Crippen LogP contribution < -0.4 is 15.4 Å². The number of rotatable bonds is 5. The Morgan fingerprint density at radius 1 is 1.15 bits per heavy atom. The van der Waals surface area contributed by atoms with Gasteiger partial charge in [-0.3, -0.25) is 4.79 Å². The first-order valence-corrected chi connectivity index (χ1v) is 9.17. The van der Waals surface area contributed by atoms with Crippen LogP contribution in [0.25, 0.3) is 0 Å². The average molecular weight is 371 g/mol. The Morgan fingerprint density at radius 3 is 2.44 bits per heavy atom. The number of piperidine rings is 1. The third-order valence-electron chi connectivity index (χ3n) is 4.37. The number of hydrogen-bond acceptors (Lipinski definition) is 4. The maximum Gasteiger partial charge on any atom is 0.319 e. The molecule has 1 aromatic carbocycles. The Hall–Kier alpha value is -2.96. The van der Waals surface area contributed by atoms with Crippen molar-refractivity contribution < 1.29 is 18.7 Å². The molecule has 3 rings (SSSR count). The Balaban J connectivity index is 1.43. The van der Waals surface area contributed by atoms with E-state index in [9.17, 15) is 9.59 Å². The Labute approximate surface area is 158 Å². The zero-order valence-electron chi connectivity index (χ0n) is 15.6. The van der Waals surface area contributed by atoms with Gasteiger partial charge in [-0.1, -0.05) is 0 Å². The van der Waals surface area contributed by atoms with E-state index in [2.05, 4.69) is 10.6 Å². The van der Waals surface area contributed by atoms with E-state index in [-0.39, 0.29) is 24.1 Å². The van der Waals surface area contributed by atoms with E-state index in [1.54, 1.807) is 11.0 Å². The molecule has 2 heterocycles. The molecule has 144 valence electrons. The minimum atomic E-state index is -0.243. The van der Waals surface area contributed by atoms with Gasteiger partial charge >= 0.3 is 6.03 Å². The summed E-state index contributed by atoms with van der Waals surface area (Å²) in [6.45, 7) is 5.15. The lowest BCUT2D eigenvalue weighted by Crippen LogP contribution is -2.47. The third-order valence-corrected chi connectivity index (χ3v) is 4.37. The molecular weight excluding hydrogens is 346 g/mol. The molecule has 7 heteroatoms. The molecule has 0 atom stereocenters. The molecule has 1 aromatic heterocycles. The first-order chi connectivity index (χ1) is 13.0. The van der Waals surface area contributed by atoms with E-state index in [0.29, 0.717) is 24.3 Å². The van der Waals surface area contributed by atoms with Crippen LogP contribution in [0.2, 0.25) is 0 Å². The van der Waals surface area contributed by atoms with Crippen LogP contribution in [0.1, 0.15) is 37.0 Å². The summed E-state index contributed by atoms with van der Waals surface area (Å²) < 4.78 is 10.5.